The predicted octanol–water partition coefficient (Wildman–Crippen LogP) is 9.07. The van der Waals surface area contributed by atoms with Crippen LogP contribution in [0, 0.1) is 5.41 Å². The molecule has 0 amide bonds. The zero-order valence-corrected chi connectivity index (χ0v) is 30.7. The van der Waals surface area contributed by atoms with Crippen LogP contribution in [0.3, 0.4) is 0 Å². The standard InChI is InChI=1S/C18H30O2.C15H17ClN2O2.C5H14NO/c1-2-3-4-5-6-7-8-9-10-11-12-13-14-15-16-17-18(19)20;1-15(2,3)13(19)14(18-9-8-17-10-18)20-12-6-4-11(16)5-7-12;1-6(2,3)4-5-7/h3-4,6-7,9-10H,2,5,8,11-17H2,1H3,(H,19,20);4-10,14H,1-3H3;7H,4-5H2,1-3H3/q;;+1/b4-3-,7-6-,10-9-;;. The molecule has 47 heavy (non-hydrogen) atoms. The summed E-state index contributed by atoms with van der Waals surface area (Å²) in [4.78, 5) is 26.8. The average Bonchev–Trinajstić information content (AvgIpc) is 3.53. The topological polar surface area (TPSA) is 102 Å². The molecule has 0 aliphatic heterocycles. The molecular weight excluding hydrogens is 614 g/mol. The number of aliphatic carboxylic acids is 1. The van der Waals surface area contributed by atoms with Crippen LogP contribution >= 0.6 is 11.6 Å². The maximum atomic E-state index is 12.5. The molecule has 0 saturated heterocycles. The summed E-state index contributed by atoms with van der Waals surface area (Å²) in [6, 6.07) is 6.93. The second-order valence-electron chi connectivity index (χ2n) is 13.3. The Kier molecular flexibility index (Phi) is 24.1. The van der Waals surface area contributed by atoms with Crippen molar-refractivity contribution in [3.05, 3.63) is 84.5 Å². The second-order valence-corrected chi connectivity index (χ2v) is 13.7. The van der Waals surface area contributed by atoms with Gasteiger partial charge < -0.3 is 19.4 Å². The van der Waals surface area contributed by atoms with E-state index in [2.05, 4.69) is 69.5 Å². The lowest BCUT2D eigenvalue weighted by molar-refractivity contribution is -0.870. The molecule has 0 fully saturated rings. The largest absolute Gasteiger partial charge is 0.481 e. The molecule has 2 N–H and O–H groups in total. The Morgan fingerprint density at radius 3 is 2.00 bits per heavy atom. The molecule has 1 atom stereocenters. The summed E-state index contributed by atoms with van der Waals surface area (Å²) in [7, 11) is 6.16. The monoisotopic (exact) mass is 674 g/mol. The maximum Gasteiger partial charge on any atom is 0.303 e. The zero-order chi connectivity index (χ0) is 35.6. The maximum absolute atomic E-state index is 12.5. The normalized spacial score (nSPS) is 12.4. The third kappa shape index (κ3) is 25.6. The minimum Gasteiger partial charge on any atom is -0.481 e. The van der Waals surface area contributed by atoms with Gasteiger partial charge in [-0.05, 0) is 62.8 Å². The summed E-state index contributed by atoms with van der Waals surface area (Å²) in [6.45, 7) is 8.86. The number of nitrogens with zero attached hydrogens (tertiary/aromatic N) is 3. The molecule has 1 heterocycles. The number of carbonyl (C=O) groups excluding carboxylic acids is 1. The lowest BCUT2D eigenvalue weighted by Gasteiger charge is -2.26. The van der Waals surface area contributed by atoms with E-state index in [1.165, 1.54) is 12.8 Å². The molecule has 1 unspecified atom stereocenters. The van der Waals surface area contributed by atoms with Crippen LogP contribution in [0.5, 0.6) is 5.75 Å². The third-order valence-electron chi connectivity index (χ3n) is 6.63. The van der Waals surface area contributed by atoms with E-state index >= 15 is 0 Å². The number of unbranched alkanes of at least 4 members (excludes halogenated alkanes) is 5. The molecule has 0 radical (unpaired) electrons. The van der Waals surface area contributed by atoms with E-state index in [0.717, 1.165) is 56.0 Å². The number of Topliss-reactive ketones (excluding diaryl/α,β-unsaturated/α-hetero) is 1. The van der Waals surface area contributed by atoms with Crippen molar-refractivity contribution in [2.45, 2.75) is 98.1 Å². The highest BCUT2D eigenvalue weighted by Gasteiger charge is 2.32. The first kappa shape index (κ1) is 43.8. The first-order chi connectivity index (χ1) is 22.2. The smallest absolute Gasteiger partial charge is 0.303 e. The van der Waals surface area contributed by atoms with Crippen molar-refractivity contribution in [2.75, 3.05) is 34.3 Å². The van der Waals surface area contributed by atoms with Crippen LogP contribution in [0.1, 0.15) is 98.1 Å². The molecular formula is C38H61ClN3O5+. The molecule has 1 aromatic heterocycles. The van der Waals surface area contributed by atoms with Crippen molar-refractivity contribution >= 4 is 23.4 Å². The van der Waals surface area contributed by atoms with Crippen LogP contribution in [0.25, 0.3) is 0 Å². The lowest BCUT2D eigenvalue weighted by Crippen LogP contribution is -2.36. The minimum atomic E-state index is -0.737. The Balaban J connectivity index is 0.000000750. The number of aliphatic hydroxyl groups excluding tert-OH is 1. The highest BCUT2D eigenvalue weighted by atomic mass is 35.5. The quantitative estimate of drug-likeness (QED) is 0.0876. The Morgan fingerprint density at radius 1 is 0.936 bits per heavy atom. The summed E-state index contributed by atoms with van der Waals surface area (Å²) in [5, 5.41) is 17.5. The Bertz CT molecular complexity index is 1160. The number of benzene rings is 1. The summed E-state index contributed by atoms with van der Waals surface area (Å²) < 4.78 is 8.32. The number of allylic oxidation sites excluding steroid dienone is 6. The molecule has 2 aromatic rings. The third-order valence-corrected chi connectivity index (χ3v) is 6.88. The lowest BCUT2D eigenvalue weighted by atomic mass is 9.89. The molecule has 1 aromatic carbocycles. The number of quaternary nitrogens is 1. The van der Waals surface area contributed by atoms with Crippen LogP contribution in [0.15, 0.2) is 79.4 Å². The van der Waals surface area contributed by atoms with Gasteiger partial charge in [0.25, 0.3) is 0 Å². The number of halogens is 1. The molecule has 0 aliphatic carbocycles. The fourth-order valence-corrected chi connectivity index (χ4v) is 3.99. The predicted molar refractivity (Wildman–Crippen MR) is 195 cm³/mol. The van der Waals surface area contributed by atoms with Gasteiger partial charge in [0.2, 0.25) is 6.23 Å². The van der Waals surface area contributed by atoms with E-state index in [1.807, 2.05) is 20.8 Å². The van der Waals surface area contributed by atoms with Gasteiger partial charge in [-0.3, -0.25) is 14.2 Å². The van der Waals surface area contributed by atoms with Gasteiger partial charge in [-0.2, -0.15) is 0 Å². The summed E-state index contributed by atoms with van der Waals surface area (Å²) in [5.41, 5.74) is -0.513. The highest BCUT2D eigenvalue weighted by Crippen LogP contribution is 2.27. The fraction of sp³-hybridized carbons (Fsp3) is 0.553. The van der Waals surface area contributed by atoms with Gasteiger partial charge in [-0.15, -0.1) is 0 Å². The van der Waals surface area contributed by atoms with E-state index in [-0.39, 0.29) is 12.4 Å². The van der Waals surface area contributed by atoms with Gasteiger partial charge in [0.1, 0.15) is 12.3 Å². The molecule has 0 spiro atoms. The molecule has 9 heteroatoms. The summed E-state index contributed by atoms with van der Waals surface area (Å²) >= 11 is 5.85. The summed E-state index contributed by atoms with van der Waals surface area (Å²) in [5.74, 6) is -0.109. The number of likely N-dealkylation sites (N-methyl/N-ethyl adjacent to an activating group) is 1. The Morgan fingerprint density at radius 2 is 1.51 bits per heavy atom. The Labute approximate surface area is 289 Å². The number of carbonyl (C=O) groups is 2. The van der Waals surface area contributed by atoms with Gasteiger partial charge in [0.05, 0.1) is 34.1 Å². The summed E-state index contributed by atoms with van der Waals surface area (Å²) in [6.07, 6.45) is 27.5. The number of ketones is 1. The van der Waals surface area contributed by atoms with E-state index in [0.29, 0.717) is 17.2 Å². The van der Waals surface area contributed by atoms with E-state index in [4.69, 9.17) is 26.6 Å². The highest BCUT2D eigenvalue weighted by molar-refractivity contribution is 6.30. The van der Waals surface area contributed by atoms with E-state index < -0.39 is 17.6 Å². The number of rotatable bonds is 19. The van der Waals surface area contributed by atoms with Crippen LogP contribution in [-0.2, 0) is 9.59 Å². The second kappa shape index (κ2) is 25.8. The molecule has 0 bridgehead atoms. The van der Waals surface area contributed by atoms with Crippen molar-refractivity contribution in [1.29, 1.82) is 0 Å². The zero-order valence-electron chi connectivity index (χ0n) is 29.9. The van der Waals surface area contributed by atoms with Crippen molar-refractivity contribution in [3.63, 3.8) is 0 Å². The van der Waals surface area contributed by atoms with Crippen LogP contribution in [0.2, 0.25) is 5.02 Å². The van der Waals surface area contributed by atoms with Crippen molar-refractivity contribution < 1.29 is 29.0 Å². The first-order valence-electron chi connectivity index (χ1n) is 16.7. The van der Waals surface area contributed by atoms with E-state index in [1.54, 1.807) is 47.6 Å². The number of hydrogen-bond donors (Lipinski definition) is 2. The molecule has 0 aliphatic rings. The van der Waals surface area contributed by atoms with Gasteiger partial charge >= 0.3 is 5.97 Å². The van der Waals surface area contributed by atoms with Gasteiger partial charge in [-0.25, -0.2) is 4.98 Å². The van der Waals surface area contributed by atoms with E-state index in [9.17, 15) is 9.59 Å². The van der Waals surface area contributed by atoms with Gasteiger partial charge in [-0.1, -0.05) is 95.0 Å². The molecule has 264 valence electrons. The van der Waals surface area contributed by atoms with Crippen LogP contribution in [0.4, 0.5) is 0 Å². The number of carboxylic acids is 1. The first-order valence-corrected chi connectivity index (χ1v) is 17.1. The van der Waals surface area contributed by atoms with Gasteiger partial charge in [0.15, 0.2) is 5.78 Å². The molecule has 2 rings (SSSR count). The molecule has 0 saturated carbocycles. The average molecular weight is 675 g/mol. The van der Waals surface area contributed by atoms with Crippen molar-refractivity contribution in [3.8, 4) is 5.75 Å². The SMILES string of the molecule is CC(C)(C)C(=O)C(Oc1ccc(Cl)cc1)n1ccnc1.CC/C=C\C/C=C\C/C=C\CCCCCCCC(=O)O.C[N+](C)(C)CCO. The number of ether oxygens (including phenoxy) is 1. The minimum absolute atomic E-state index is 0.0227. The van der Waals surface area contributed by atoms with Crippen molar-refractivity contribution in [2.24, 2.45) is 5.41 Å². The molecule has 8 nitrogen and oxygen atoms in total. The van der Waals surface area contributed by atoms with Gasteiger partial charge in [0, 0.05) is 29.3 Å². The number of carboxylic acid groups (broad SMARTS) is 1. The van der Waals surface area contributed by atoms with Crippen LogP contribution in [-0.4, -0.2) is 70.3 Å². The fourth-order valence-electron chi connectivity index (χ4n) is 3.87. The number of aromatic nitrogens is 2. The Hall–Kier alpha value is -3.20. The number of imidazole rings is 1. The van der Waals surface area contributed by atoms with Crippen molar-refractivity contribution in [1.82, 2.24) is 9.55 Å². The number of hydrogen-bond acceptors (Lipinski definition) is 5. The van der Waals surface area contributed by atoms with Crippen LogP contribution < -0.4 is 4.74 Å². The number of aliphatic hydroxyl groups is 1.